The number of hydrogen-bond acceptors (Lipinski definition) is 5. The number of rotatable bonds is 3. The van der Waals surface area contributed by atoms with Crippen LogP contribution in [0.2, 0.25) is 0 Å². The van der Waals surface area contributed by atoms with Crippen LogP contribution >= 0.6 is 11.3 Å². The van der Waals surface area contributed by atoms with E-state index in [1.54, 1.807) is 11.3 Å². The van der Waals surface area contributed by atoms with Crippen molar-refractivity contribution in [2.75, 3.05) is 0 Å². The Morgan fingerprint density at radius 1 is 1.15 bits per heavy atom. The fraction of sp³-hybridized carbons (Fsp3) is 0.786. The summed E-state index contributed by atoms with van der Waals surface area (Å²) in [6.07, 6.45) is 1.79. The molecule has 2 aromatic rings. The van der Waals surface area contributed by atoms with Crippen molar-refractivity contribution in [2.45, 2.75) is 65.8 Å². The maximum absolute atomic E-state index is 6.23. The van der Waals surface area contributed by atoms with E-state index in [1.165, 1.54) is 0 Å². The lowest BCUT2D eigenvalue weighted by atomic mass is 9.87. The number of nitrogens with zero attached hydrogens (tertiary/aromatic N) is 4. The zero-order valence-corrected chi connectivity index (χ0v) is 14.1. The molecule has 2 heterocycles. The summed E-state index contributed by atoms with van der Waals surface area (Å²) in [6.45, 7) is 13.0. The van der Waals surface area contributed by atoms with Crippen LogP contribution in [0.4, 0.5) is 0 Å². The summed E-state index contributed by atoms with van der Waals surface area (Å²) >= 11 is 1.59. The van der Waals surface area contributed by atoms with E-state index in [0.717, 1.165) is 28.6 Å². The molecule has 5 nitrogen and oxygen atoms in total. The highest BCUT2D eigenvalue weighted by molar-refractivity contribution is 7.16. The van der Waals surface area contributed by atoms with Gasteiger partial charge in [-0.2, -0.15) is 9.61 Å². The highest BCUT2D eigenvalue weighted by Gasteiger charge is 2.24. The number of nitrogens with two attached hydrogens (primary N) is 1. The molecule has 0 fully saturated rings. The largest absolute Gasteiger partial charge is 0.327 e. The fourth-order valence-corrected chi connectivity index (χ4v) is 3.22. The van der Waals surface area contributed by atoms with Crippen LogP contribution in [-0.2, 0) is 11.8 Å². The molecule has 0 bridgehead atoms. The highest BCUT2D eigenvalue weighted by Crippen LogP contribution is 2.25. The lowest BCUT2D eigenvalue weighted by Crippen LogP contribution is -2.28. The molecular weight excluding hydrogens is 270 g/mol. The van der Waals surface area contributed by atoms with Gasteiger partial charge >= 0.3 is 0 Å². The minimum atomic E-state index is -0.0573. The predicted molar refractivity (Wildman–Crippen MR) is 83.1 cm³/mol. The minimum Gasteiger partial charge on any atom is -0.327 e. The molecule has 6 heteroatoms. The first kappa shape index (κ1) is 15.4. The lowest BCUT2D eigenvalue weighted by molar-refractivity contribution is 0.338. The summed E-state index contributed by atoms with van der Waals surface area (Å²) in [4.78, 5) is 0.855. The van der Waals surface area contributed by atoms with E-state index in [4.69, 9.17) is 5.73 Å². The maximum Gasteiger partial charge on any atom is 0.234 e. The summed E-state index contributed by atoms with van der Waals surface area (Å²) in [7, 11) is 0. The van der Waals surface area contributed by atoms with Gasteiger partial charge in [0.25, 0.3) is 0 Å². The smallest absolute Gasteiger partial charge is 0.234 e. The number of hydrogen-bond donors (Lipinski definition) is 1. The second-order valence-corrected chi connectivity index (χ2v) is 8.73. The molecule has 0 aliphatic rings. The van der Waals surface area contributed by atoms with Crippen LogP contribution in [0.3, 0.4) is 0 Å². The highest BCUT2D eigenvalue weighted by atomic mass is 32.1. The Morgan fingerprint density at radius 3 is 2.35 bits per heavy atom. The average molecular weight is 295 g/mol. The number of fused-ring (bicyclic) bond motifs is 1. The first-order valence-electron chi connectivity index (χ1n) is 7.03. The monoisotopic (exact) mass is 295 g/mol. The van der Waals surface area contributed by atoms with Gasteiger partial charge in [0.1, 0.15) is 5.01 Å². The molecule has 0 aromatic carbocycles. The summed E-state index contributed by atoms with van der Waals surface area (Å²) in [5.41, 5.74) is 6.42. The lowest BCUT2D eigenvalue weighted by Gasteiger charge is -2.22. The van der Waals surface area contributed by atoms with E-state index >= 15 is 0 Å². The van der Waals surface area contributed by atoms with Crippen molar-refractivity contribution in [1.82, 2.24) is 19.8 Å². The van der Waals surface area contributed by atoms with Crippen molar-refractivity contribution >= 4 is 16.3 Å². The van der Waals surface area contributed by atoms with Gasteiger partial charge in [0.2, 0.25) is 4.96 Å². The second-order valence-electron chi connectivity index (χ2n) is 7.69. The first-order valence-corrected chi connectivity index (χ1v) is 7.85. The Kier molecular flexibility index (Phi) is 3.90. The Hall–Kier alpha value is -1.01. The van der Waals surface area contributed by atoms with Crippen LogP contribution in [0.15, 0.2) is 0 Å². The molecule has 2 aromatic heterocycles. The summed E-state index contributed by atoms with van der Waals surface area (Å²) in [6, 6.07) is 0.136. The van der Waals surface area contributed by atoms with Crippen LogP contribution in [-0.4, -0.2) is 25.9 Å². The molecule has 1 unspecified atom stereocenters. The molecule has 0 saturated carbocycles. The quantitative estimate of drug-likeness (QED) is 0.945. The predicted octanol–water partition coefficient (Wildman–Crippen LogP) is 2.79. The van der Waals surface area contributed by atoms with Gasteiger partial charge in [0.15, 0.2) is 5.82 Å². The van der Waals surface area contributed by atoms with E-state index < -0.39 is 0 Å². The van der Waals surface area contributed by atoms with E-state index in [1.807, 2.05) is 4.52 Å². The average Bonchev–Trinajstić information content (AvgIpc) is 2.70. The van der Waals surface area contributed by atoms with Crippen LogP contribution in [0.1, 0.15) is 58.8 Å². The third-order valence-corrected chi connectivity index (χ3v) is 3.94. The standard InChI is InChI=1S/C14H25N5S/c1-13(2,3)8-9(15)7-10-18-19-11(14(4,5)6)16-17-12(19)20-10/h9H,7-8,15H2,1-6H3. The molecule has 1 atom stereocenters. The van der Waals surface area contributed by atoms with Crippen molar-refractivity contribution in [3.63, 3.8) is 0 Å². The van der Waals surface area contributed by atoms with Crippen LogP contribution < -0.4 is 5.73 Å². The van der Waals surface area contributed by atoms with Crippen molar-refractivity contribution < 1.29 is 0 Å². The van der Waals surface area contributed by atoms with E-state index in [2.05, 4.69) is 56.8 Å². The van der Waals surface area contributed by atoms with E-state index in [0.29, 0.717) is 0 Å². The molecule has 0 aliphatic carbocycles. The second kappa shape index (κ2) is 5.07. The zero-order valence-electron chi connectivity index (χ0n) is 13.3. The van der Waals surface area contributed by atoms with Gasteiger partial charge in [-0.1, -0.05) is 52.9 Å². The van der Waals surface area contributed by atoms with Gasteiger partial charge in [-0.15, -0.1) is 10.2 Å². The fourth-order valence-electron chi connectivity index (χ4n) is 2.29. The summed E-state index contributed by atoms with van der Waals surface area (Å²) < 4.78 is 1.86. The van der Waals surface area contributed by atoms with Crippen LogP contribution in [0.5, 0.6) is 0 Å². The van der Waals surface area contributed by atoms with Gasteiger partial charge in [0, 0.05) is 17.9 Å². The molecule has 20 heavy (non-hydrogen) atoms. The zero-order chi connectivity index (χ0) is 15.1. The summed E-state index contributed by atoms with van der Waals surface area (Å²) in [5.74, 6) is 0.902. The molecule has 0 saturated heterocycles. The van der Waals surface area contributed by atoms with Gasteiger partial charge < -0.3 is 5.73 Å². The third kappa shape index (κ3) is 3.55. The molecule has 0 amide bonds. The molecule has 0 radical (unpaired) electrons. The number of aromatic nitrogens is 4. The van der Waals surface area contributed by atoms with E-state index in [9.17, 15) is 0 Å². The third-order valence-electron chi connectivity index (χ3n) is 3.01. The molecule has 0 aliphatic heterocycles. The van der Waals surface area contributed by atoms with Gasteiger partial charge in [-0.25, -0.2) is 0 Å². The van der Waals surface area contributed by atoms with Crippen molar-refractivity contribution in [3.05, 3.63) is 10.8 Å². The molecule has 0 spiro atoms. The summed E-state index contributed by atoms with van der Waals surface area (Å²) in [5, 5.41) is 14.1. The van der Waals surface area contributed by atoms with Crippen LogP contribution in [0.25, 0.3) is 4.96 Å². The Bertz CT molecular complexity index is 585. The molecule has 2 N–H and O–H groups in total. The SMILES string of the molecule is CC(C)(C)CC(N)Cc1nn2c(C(C)(C)C)nnc2s1. The van der Waals surface area contributed by atoms with Crippen molar-refractivity contribution in [1.29, 1.82) is 0 Å². The Morgan fingerprint density at radius 2 is 1.80 bits per heavy atom. The van der Waals surface area contributed by atoms with Gasteiger partial charge in [-0.05, 0) is 11.8 Å². The Balaban J connectivity index is 2.19. The van der Waals surface area contributed by atoms with Crippen LogP contribution in [0, 0.1) is 5.41 Å². The van der Waals surface area contributed by atoms with Gasteiger partial charge in [-0.3, -0.25) is 0 Å². The van der Waals surface area contributed by atoms with E-state index in [-0.39, 0.29) is 16.9 Å². The normalized spacial score (nSPS) is 14.9. The van der Waals surface area contributed by atoms with Gasteiger partial charge in [0.05, 0.1) is 0 Å². The van der Waals surface area contributed by atoms with Crippen molar-refractivity contribution in [2.24, 2.45) is 11.1 Å². The minimum absolute atomic E-state index is 0.0573. The molecule has 112 valence electrons. The molecular formula is C14H25N5S. The molecule has 2 rings (SSSR count). The van der Waals surface area contributed by atoms with Crippen molar-refractivity contribution in [3.8, 4) is 0 Å². The maximum atomic E-state index is 6.23. The first-order chi connectivity index (χ1) is 9.06. The Labute approximate surface area is 124 Å². The topological polar surface area (TPSA) is 69.1 Å².